The van der Waals surface area contributed by atoms with E-state index < -0.39 is 11.7 Å². The largest absolute Gasteiger partial charge is 0.444 e. The van der Waals surface area contributed by atoms with Gasteiger partial charge >= 0.3 is 6.09 Å². The summed E-state index contributed by atoms with van der Waals surface area (Å²) in [6.07, 6.45) is 1.20. The number of amides is 1. The van der Waals surface area contributed by atoms with Crippen LogP contribution in [0.5, 0.6) is 0 Å². The fraction of sp³-hybridized carbons (Fsp3) is 0.818. The lowest BCUT2D eigenvalue weighted by molar-refractivity contribution is -0.119. The topological polar surface area (TPSA) is 55.4 Å². The molecular formula is C11H17NO3. The van der Waals surface area contributed by atoms with Gasteiger partial charge in [0.15, 0.2) is 0 Å². The first kappa shape index (κ1) is 10.5. The normalized spacial score (nSPS) is 33.5. The number of carbonyl (C=O) groups excluding carboxylic acids is 2. The molecular weight excluding hydrogens is 194 g/mol. The predicted octanol–water partition coefficient (Wildman–Crippen LogP) is 1.49. The molecule has 15 heavy (non-hydrogen) atoms. The Labute approximate surface area is 89.4 Å². The molecule has 84 valence electrons. The molecule has 2 rings (SSSR count). The van der Waals surface area contributed by atoms with Crippen molar-refractivity contribution >= 4 is 11.9 Å². The van der Waals surface area contributed by atoms with Crippen LogP contribution in [-0.4, -0.2) is 23.5 Å². The first-order valence-electron chi connectivity index (χ1n) is 5.41. The molecule has 0 aliphatic heterocycles. The third-order valence-corrected chi connectivity index (χ3v) is 2.95. The van der Waals surface area contributed by atoms with Crippen LogP contribution in [0.2, 0.25) is 0 Å². The number of rotatable bonds is 1. The number of ether oxygens (including phenoxy) is 1. The number of alkyl carbamates (subject to hydrolysis) is 1. The average Bonchev–Trinajstić information content (AvgIpc) is 2.55. The third kappa shape index (κ3) is 2.13. The van der Waals surface area contributed by atoms with E-state index in [1.807, 2.05) is 20.8 Å². The molecule has 0 aromatic rings. The lowest BCUT2D eigenvalue weighted by atomic mass is 10.2. The molecule has 0 saturated heterocycles. The number of fused-ring (bicyclic) bond motifs is 1. The Balaban J connectivity index is 1.80. The van der Waals surface area contributed by atoms with Crippen LogP contribution in [0.3, 0.4) is 0 Å². The Morgan fingerprint density at radius 3 is 2.60 bits per heavy atom. The second kappa shape index (κ2) is 3.22. The summed E-state index contributed by atoms with van der Waals surface area (Å²) in [5, 5.41) is 2.76. The highest BCUT2D eigenvalue weighted by Crippen LogP contribution is 2.49. The molecule has 0 spiro atoms. The molecule has 0 aromatic carbocycles. The standard InChI is InChI=1S/C11H17NO3/c1-11(2,3)15-10(14)12-9-6-4-5-7(13)8(6)9/h6,8-9H,4-5H2,1-3H3,(H,12,14)/t6-,8-,9+/m1/s1. The molecule has 4 nitrogen and oxygen atoms in total. The van der Waals surface area contributed by atoms with Crippen LogP contribution in [0.15, 0.2) is 0 Å². The van der Waals surface area contributed by atoms with Crippen molar-refractivity contribution in [1.29, 1.82) is 0 Å². The number of Topliss-reactive ketones (excluding diaryl/α,β-unsaturated/α-hetero) is 1. The summed E-state index contributed by atoms with van der Waals surface area (Å²) in [5.74, 6) is 0.753. The zero-order valence-corrected chi connectivity index (χ0v) is 9.37. The fourth-order valence-electron chi connectivity index (χ4n) is 2.29. The summed E-state index contributed by atoms with van der Waals surface area (Å²) in [7, 11) is 0. The lowest BCUT2D eigenvalue weighted by Crippen LogP contribution is -2.35. The van der Waals surface area contributed by atoms with E-state index in [9.17, 15) is 9.59 Å². The Kier molecular flexibility index (Phi) is 2.24. The van der Waals surface area contributed by atoms with Crippen LogP contribution in [0.4, 0.5) is 4.79 Å². The van der Waals surface area contributed by atoms with E-state index in [0.29, 0.717) is 18.1 Å². The van der Waals surface area contributed by atoms with Crippen LogP contribution in [-0.2, 0) is 9.53 Å². The summed E-state index contributed by atoms with van der Waals surface area (Å²) in [4.78, 5) is 22.7. The van der Waals surface area contributed by atoms with Gasteiger partial charge in [0.25, 0.3) is 0 Å². The third-order valence-electron chi connectivity index (χ3n) is 2.95. The Morgan fingerprint density at radius 2 is 2.13 bits per heavy atom. The van der Waals surface area contributed by atoms with Crippen LogP contribution in [0.1, 0.15) is 33.6 Å². The SMILES string of the molecule is CC(C)(C)OC(=O)N[C@H]1[C@@H]2CCC(=O)[C@@H]21. The first-order chi connectivity index (χ1) is 6.88. The molecule has 2 aliphatic rings. The summed E-state index contributed by atoms with van der Waals surface area (Å²) in [6, 6.07) is 0.0427. The van der Waals surface area contributed by atoms with Gasteiger partial charge in [0.1, 0.15) is 11.4 Å². The van der Waals surface area contributed by atoms with Crippen molar-refractivity contribution in [2.45, 2.75) is 45.3 Å². The minimum atomic E-state index is -0.474. The molecule has 0 bridgehead atoms. The van der Waals surface area contributed by atoms with Gasteiger partial charge in [0, 0.05) is 18.4 Å². The minimum Gasteiger partial charge on any atom is -0.444 e. The number of hydrogen-bond donors (Lipinski definition) is 1. The molecule has 4 heteroatoms. The van der Waals surface area contributed by atoms with Crippen molar-refractivity contribution in [3.05, 3.63) is 0 Å². The summed E-state index contributed by atoms with van der Waals surface area (Å²) in [5.41, 5.74) is -0.474. The van der Waals surface area contributed by atoms with Gasteiger partial charge in [-0.05, 0) is 33.1 Å². The first-order valence-corrected chi connectivity index (χ1v) is 5.41. The Hall–Kier alpha value is -1.06. The van der Waals surface area contributed by atoms with Gasteiger partial charge in [-0.2, -0.15) is 0 Å². The molecule has 2 aliphatic carbocycles. The molecule has 0 radical (unpaired) electrons. The van der Waals surface area contributed by atoms with Crippen molar-refractivity contribution in [3.63, 3.8) is 0 Å². The molecule has 0 heterocycles. The van der Waals surface area contributed by atoms with E-state index in [2.05, 4.69) is 5.32 Å². The Morgan fingerprint density at radius 1 is 1.47 bits per heavy atom. The molecule has 1 N–H and O–H groups in total. The second-order valence-corrected chi connectivity index (χ2v) is 5.37. The van der Waals surface area contributed by atoms with Crippen LogP contribution in [0.25, 0.3) is 0 Å². The predicted molar refractivity (Wildman–Crippen MR) is 54.4 cm³/mol. The monoisotopic (exact) mass is 211 g/mol. The van der Waals surface area contributed by atoms with Crippen molar-refractivity contribution in [1.82, 2.24) is 5.32 Å². The number of ketones is 1. The zero-order valence-electron chi connectivity index (χ0n) is 9.37. The maximum atomic E-state index is 11.4. The van der Waals surface area contributed by atoms with E-state index in [1.165, 1.54) is 0 Å². The van der Waals surface area contributed by atoms with Gasteiger partial charge in [0.2, 0.25) is 0 Å². The summed E-state index contributed by atoms with van der Waals surface area (Å²) >= 11 is 0. The highest BCUT2D eigenvalue weighted by atomic mass is 16.6. The van der Waals surface area contributed by atoms with E-state index >= 15 is 0 Å². The van der Waals surface area contributed by atoms with Crippen LogP contribution < -0.4 is 5.32 Å². The van der Waals surface area contributed by atoms with Crippen molar-refractivity contribution in [2.75, 3.05) is 0 Å². The van der Waals surface area contributed by atoms with Crippen LogP contribution >= 0.6 is 0 Å². The molecule has 2 fully saturated rings. The van der Waals surface area contributed by atoms with E-state index in [1.54, 1.807) is 0 Å². The number of nitrogens with one attached hydrogen (secondary N) is 1. The zero-order chi connectivity index (χ0) is 11.2. The van der Waals surface area contributed by atoms with Gasteiger partial charge in [-0.25, -0.2) is 4.79 Å². The molecule has 1 amide bonds. The fourth-order valence-corrected chi connectivity index (χ4v) is 2.29. The van der Waals surface area contributed by atoms with Crippen LogP contribution in [0, 0.1) is 11.8 Å². The smallest absolute Gasteiger partial charge is 0.407 e. The van der Waals surface area contributed by atoms with Gasteiger partial charge in [-0.15, -0.1) is 0 Å². The molecule has 0 unspecified atom stereocenters. The van der Waals surface area contributed by atoms with Gasteiger partial charge in [0.05, 0.1) is 0 Å². The maximum Gasteiger partial charge on any atom is 0.407 e. The van der Waals surface area contributed by atoms with Gasteiger partial charge in [-0.1, -0.05) is 0 Å². The summed E-state index contributed by atoms with van der Waals surface area (Å²) < 4.78 is 5.13. The second-order valence-electron chi connectivity index (χ2n) is 5.37. The van der Waals surface area contributed by atoms with E-state index in [4.69, 9.17) is 4.74 Å². The molecule has 3 atom stereocenters. The Bertz CT molecular complexity index is 305. The minimum absolute atomic E-state index is 0.0427. The van der Waals surface area contributed by atoms with Gasteiger partial charge in [-0.3, -0.25) is 4.79 Å². The quantitative estimate of drug-likeness (QED) is 0.715. The van der Waals surface area contributed by atoms with E-state index in [-0.39, 0.29) is 12.0 Å². The van der Waals surface area contributed by atoms with Crippen molar-refractivity contribution in [2.24, 2.45) is 11.8 Å². The summed E-state index contributed by atoms with van der Waals surface area (Å²) in [6.45, 7) is 5.47. The van der Waals surface area contributed by atoms with Crippen molar-refractivity contribution < 1.29 is 14.3 Å². The number of carbonyl (C=O) groups is 2. The molecule has 0 aromatic heterocycles. The maximum absolute atomic E-state index is 11.4. The number of hydrogen-bond acceptors (Lipinski definition) is 3. The molecule has 2 saturated carbocycles. The average molecular weight is 211 g/mol. The van der Waals surface area contributed by atoms with Gasteiger partial charge < -0.3 is 10.1 Å². The van der Waals surface area contributed by atoms with E-state index in [0.717, 1.165) is 6.42 Å². The highest BCUT2D eigenvalue weighted by Gasteiger charge is 2.58. The highest BCUT2D eigenvalue weighted by molar-refractivity contribution is 5.89. The van der Waals surface area contributed by atoms with Crippen molar-refractivity contribution in [3.8, 4) is 0 Å². The lowest BCUT2D eigenvalue weighted by Gasteiger charge is -2.20.